The first kappa shape index (κ1) is 15.3. The number of furan rings is 1. The van der Waals surface area contributed by atoms with Crippen LogP contribution in [-0.2, 0) is 5.11 Å². The van der Waals surface area contributed by atoms with E-state index >= 15 is 0 Å². The lowest BCUT2D eigenvalue weighted by atomic mass is 10.1. The van der Waals surface area contributed by atoms with E-state index in [2.05, 4.69) is 9.97 Å². The minimum absolute atomic E-state index is 0.0867. The molecule has 6 nitrogen and oxygen atoms in total. The average molecular weight is 313 g/mol. The van der Waals surface area contributed by atoms with Gasteiger partial charge < -0.3 is 13.9 Å². The Balaban J connectivity index is 2.00. The van der Waals surface area contributed by atoms with Crippen molar-refractivity contribution in [3.63, 3.8) is 0 Å². The van der Waals surface area contributed by atoms with E-state index in [4.69, 9.17) is 13.9 Å². The summed E-state index contributed by atoms with van der Waals surface area (Å²) in [5, 5.41) is 11.6. The molecule has 1 atom stereocenters. The van der Waals surface area contributed by atoms with Crippen LogP contribution in [0.4, 0.5) is 0 Å². The molecule has 0 amide bonds. The Kier molecular flexibility index (Phi) is 4.43. The number of nitrogens with zero attached hydrogens (tertiary/aromatic N) is 2. The zero-order valence-electron chi connectivity index (χ0n) is 13.0. The second kappa shape index (κ2) is 6.66. The maximum absolute atomic E-state index is 10.9. The summed E-state index contributed by atoms with van der Waals surface area (Å²) < 4.78 is 16.4. The van der Waals surface area contributed by atoms with Crippen LogP contribution >= 0.6 is 0 Å². The fraction of sp³-hybridized carbons (Fsp3) is 0.294. The van der Waals surface area contributed by atoms with Gasteiger partial charge in [-0.05, 0) is 17.7 Å². The summed E-state index contributed by atoms with van der Waals surface area (Å²) in [4.78, 5) is 8.31. The van der Waals surface area contributed by atoms with Crippen molar-refractivity contribution in [2.45, 2.75) is 6.92 Å². The largest absolute Gasteiger partial charge is 0.497 e. The topological polar surface area (TPSA) is 77.3 Å². The maximum atomic E-state index is 10.9. The third-order valence-corrected chi connectivity index (χ3v) is 3.53. The van der Waals surface area contributed by atoms with Gasteiger partial charge in [0.15, 0.2) is 0 Å². The van der Waals surface area contributed by atoms with E-state index in [1.54, 1.807) is 13.4 Å². The van der Waals surface area contributed by atoms with Crippen molar-refractivity contribution in [1.29, 1.82) is 0 Å². The second-order valence-corrected chi connectivity index (χ2v) is 5.32. The number of methoxy groups -OCH3 is 1. The number of ether oxygens (including phenoxy) is 2. The number of hydrogen-bond acceptors (Lipinski definition) is 5. The van der Waals surface area contributed by atoms with E-state index < -0.39 is 0 Å². The number of rotatable bonds is 6. The Hall–Kier alpha value is -2.60. The number of fused-ring (bicyclic) bond motifs is 1. The summed E-state index contributed by atoms with van der Waals surface area (Å²) in [6.45, 7) is 1.96. The monoisotopic (exact) mass is 313 g/mol. The molecule has 0 fully saturated rings. The minimum Gasteiger partial charge on any atom is -0.497 e. The zero-order chi connectivity index (χ0) is 16.2. The molecule has 0 saturated heterocycles. The Morgan fingerprint density at radius 1 is 1.22 bits per heavy atom. The molecule has 2 aromatic heterocycles. The zero-order valence-corrected chi connectivity index (χ0v) is 13.0. The summed E-state index contributed by atoms with van der Waals surface area (Å²) in [6, 6.07) is 7.61. The van der Waals surface area contributed by atoms with Crippen LogP contribution < -0.4 is 9.47 Å². The van der Waals surface area contributed by atoms with Crippen molar-refractivity contribution in [3.8, 4) is 22.8 Å². The van der Waals surface area contributed by atoms with E-state index in [-0.39, 0.29) is 12.5 Å². The first-order valence-corrected chi connectivity index (χ1v) is 7.30. The first-order chi connectivity index (χ1) is 11.2. The van der Waals surface area contributed by atoms with Crippen molar-refractivity contribution in [2.24, 2.45) is 5.92 Å². The maximum Gasteiger partial charge on any atom is 0.233 e. The van der Waals surface area contributed by atoms with Gasteiger partial charge in [-0.3, -0.25) is 0 Å². The quantitative estimate of drug-likeness (QED) is 0.697. The molecule has 1 radical (unpaired) electrons. The summed E-state index contributed by atoms with van der Waals surface area (Å²) in [5.41, 5.74) is 2.24. The molecule has 0 bridgehead atoms. The van der Waals surface area contributed by atoms with Gasteiger partial charge in [-0.2, -0.15) is 0 Å². The van der Waals surface area contributed by atoms with Crippen LogP contribution in [0.15, 0.2) is 41.3 Å². The lowest BCUT2D eigenvalue weighted by molar-refractivity contribution is 0.117. The molecule has 23 heavy (non-hydrogen) atoms. The SMILES string of the molecule is COc1ccc(-c2coc3ncnc(OC[C@H](C)C[O])c23)cc1. The lowest BCUT2D eigenvalue weighted by Crippen LogP contribution is -2.12. The van der Waals surface area contributed by atoms with Crippen LogP contribution in [0.2, 0.25) is 0 Å². The number of aromatic nitrogens is 2. The molecule has 0 unspecified atom stereocenters. The van der Waals surface area contributed by atoms with Crippen LogP contribution in [0, 0.1) is 5.92 Å². The molecular formula is C17H17N2O4. The van der Waals surface area contributed by atoms with Gasteiger partial charge in [0.2, 0.25) is 11.6 Å². The molecule has 0 aliphatic carbocycles. The molecule has 119 valence electrons. The highest BCUT2D eigenvalue weighted by Gasteiger charge is 2.16. The molecule has 3 rings (SSSR count). The fourth-order valence-electron chi connectivity index (χ4n) is 2.21. The van der Waals surface area contributed by atoms with E-state index in [1.165, 1.54) is 6.33 Å². The second-order valence-electron chi connectivity index (χ2n) is 5.32. The van der Waals surface area contributed by atoms with Gasteiger partial charge in [-0.15, -0.1) is 0 Å². The Morgan fingerprint density at radius 3 is 2.70 bits per heavy atom. The first-order valence-electron chi connectivity index (χ1n) is 7.30. The molecule has 0 aliphatic rings. The van der Waals surface area contributed by atoms with Gasteiger partial charge in [-0.25, -0.2) is 15.1 Å². The summed E-state index contributed by atoms with van der Waals surface area (Å²) in [7, 11) is 1.62. The molecule has 6 heteroatoms. The molecule has 0 N–H and O–H groups in total. The third kappa shape index (κ3) is 3.12. The molecule has 0 saturated carbocycles. The number of benzene rings is 1. The van der Waals surface area contributed by atoms with Crippen molar-refractivity contribution in [2.75, 3.05) is 20.3 Å². The van der Waals surface area contributed by atoms with Crippen molar-refractivity contribution >= 4 is 11.1 Å². The van der Waals surface area contributed by atoms with Crippen LogP contribution in [0.1, 0.15) is 6.92 Å². The van der Waals surface area contributed by atoms with Gasteiger partial charge in [0.25, 0.3) is 0 Å². The van der Waals surface area contributed by atoms with Crippen molar-refractivity contribution in [3.05, 3.63) is 36.9 Å². The van der Waals surface area contributed by atoms with Crippen molar-refractivity contribution in [1.82, 2.24) is 9.97 Å². The molecule has 2 heterocycles. The van der Waals surface area contributed by atoms with E-state index in [0.717, 1.165) is 16.9 Å². The van der Waals surface area contributed by atoms with Crippen molar-refractivity contribution < 1.29 is 19.0 Å². The molecule has 1 aromatic carbocycles. The predicted octanol–water partition coefficient (Wildman–Crippen LogP) is 3.34. The molecular weight excluding hydrogens is 296 g/mol. The Morgan fingerprint density at radius 2 is 2.00 bits per heavy atom. The Bertz CT molecular complexity index is 783. The average Bonchev–Trinajstić information content (AvgIpc) is 3.04. The van der Waals surface area contributed by atoms with Crippen LogP contribution in [0.3, 0.4) is 0 Å². The van der Waals surface area contributed by atoms with E-state index in [0.29, 0.717) is 23.6 Å². The predicted molar refractivity (Wildman–Crippen MR) is 84.0 cm³/mol. The summed E-state index contributed by atoms with van der Waals surface area (Å²) in [6.07, 6.45) is 3.02. The third-order valence-electron chi connectivity index (χ3n) is 3.53. The highest BCUT2D eigenvalue weighted by molar-refractivity contribution is 5.95. The van der Waals surface area contributed by atoms with E-state index in [1.807, 2.05) is 31.2 Å². The van der Waals surface area contributed by atoms with Crippen LogP contribution in [-0.4, -0.2) is 30.3 Å². The molecule has 3 aromatic rings. The standard InChI is InChI=1S/C17H17N2O4/c1-11(7-20)8-22-16-15-14(9-23-17(15)19-10-18-16)12-3-5-13(21-2)6-4-12/h3-6,9-11H,7-8H2,1-2H3/t11-/m1/s1. The molecule has 0 aliphatic heterocycles. The normalized spacial score (nSPS) is 12.3. The van der Waals surface area contributed by atoms with Crippen LogP contribution in [0.5, 0.6) is 11.6 Å². The van der Waals surface area contributed by atoms with Gasteiger partial charge in [0, 0.05) is 11.5 Å². The number of hydrogen-bond donors (Lipinski definition) is 0. The van der Waals surface area contributed by atoms with Gasteiger partial charge in [-0.1, -0.05) is 19.1 Å². The van der Waals surface area contributed by atoms with Gasteiger partial charge >= 0.3 is 0 Å². The smallest absolute Gasteiger partial charge is 0.233 e. The van der Waals surface area contributed by atoms with Gasteiger partial charge in [0.05, 0.1) is 20.3 Å². The van der Waals surface area contributed by atoms with E-state index in [9.17, 15) is 5.11 Å². The fourth-order valence-corrected chi connectivity index (χ4v) is 2.21. The van der Waals surface area contributed by atoms with Crippen LogP contribution in [0.25, 0.3) is 22.2 Å². The van der Waals surface area contributed by atoms with Gasteiger partial charge in [0.1, 0.15) is 23.7 Å². The Labute approximate surface area is 133 Å². The lowest BCUT2D eigenvalue weighted by Gasteiger charge is -2.10. The minimum atomic E-state index is -0.190. The summed E-state index contributed by atoms with van der Waals surface area (Å²) >= 11 is 0. The molecule has 0 spiro atoms. The summed E-state index contributed by atoms with van der Waals surface area (Å²) in [5.74, 6) is 1.12. The highest BCUT2D eigenvalue weighted by atomic mass is 16.5. The highest BCUT2D eigenvalue weighted by Crippen LogP contribution is 2.35.